The smallest absolute Gasteiger partial charge is 0.305 e. The summed E-state index contributed by atoms with van der Waals surface area (Å²) >= 11 is 0. The first-order valence-electron chi connectivity index (χ1n) is 9.51. The maximum Gasteiger partial charge on any atom is 0.305 e. The van der Waals surface area contributed by atoms with Crippen LogP contribution in [0, 0.1) is 0 Å². The lowest BCUT2D eigenvalue weighted by molar-refractivity contribution is -0.140. The molecule has 0 unspecified atom stereocenters. The highest BCUT2D eigenvalue weighted by molar-refractivity contribution is 5.83. The van der Waals surface area contributed by atoms with E-state index in [1.807, 2.05) is 0 Å². The predicted octanol–water partition coefficient (Wildman–Crippen LogP) is 5.86. The van der Waals surface area contributed by atoms with E-state index >= 15 is 0 Å². The molecule has 0 aliphatic rings. The van der Waals surface area contributed by atoms with E-state index in [4.69, 9.17) is 5.21 Å². The lowest BCUT2D eigenvalue weighted by atomic mass is 10.0. The zero-order valence-corrected chi connectivity index (χ0v) is 15.3. The molecule has 0 amide bonds. The van der Waals surface area contributed by atoms with E-state index < -0.39 is 0 Å². The topological polar surface area (TPSA) is 58.9 Å². The highest BCUT2D eigenvalue weighted by Crippen LogP contribution is 2.12. The minimum Gasteiger partial charge on any atom is -0.469 e. The first kappa shape index (κ1) is 21.9. The number of rotatable bonds is 16. The van der Waals surface area contributed by atoms with Gasteiger partial charge in [0.1, 0.15) is 0 Å². The van der Waals surface area contributed by atoms with Gasteiger partial charge in [-0.25, -0.2) is 0 Å². The van der Waals surface area contributed by atoms with E-state index in [2.05, 4.69) is 16.8 Å². The Morgan fingerprint density at radius 1 is 0.783 bits per heavy atom. The lowest BCUT2D eigenvalue weighted by Crippen LogP contribution is -2.00. The minimum atomic E-state index is -0.116. The second kappa shape index (κ2) is 17.3. The van der Waals surface area contributed by atoms with Crippen molar-refractivity contribution in [2.24, 2.45) is 5.16 Å². The van der Waals surface area contributed by atoms with Crippen LogP contribution < -0.4 is 0 Å². The molecular formula is C19H37NO3. The van der Waals surface area contributed by atoms with Crippen LogP contribution in [0.4, 0.5) is 0 Å². The van der Waals surface area contributed by atoms with E-state index in [-0.39, 0.29) is 5.97 Å². The number of hydrogen-bond acceptors (Lipinski definition) is 4. The summed E-state index contributed by atoms with van der Waals surface area (Å²) in [5.74, 6) is -0.116. The predicted molar refractivity (Wildman–Crippen MR) is 96.2 cm³/mol. The van der Waals surface area contributed by atoms with Crippen molar-refractivity contribution in [3.8, 4) is 0 Å². The summed E-state index contributed by atoms with van der Waals surface area (Å²) in [6.45, 7) is 2.24. The van der Waals surface area contributed by atoms with Gasteiger partial charge in [0.05, 0.1) is 12.8 Å². The van der Waals surface area contributed by atoms with Gasteiger partial charge in [0.15, 0.2) is 0 Å². The number of carbonyl (C=O) groups excluding carboxylic acids is 1. The SMILES string of the molecule is CCCCCCCCCC(CCCCCCCC(=O)OC)=NO. The average molecular weight is 328 g/mol. The molecule has 4 nitrogen and oxygen atoms in total. The van der Waals surface area contributed by atoms with Crippen molar-refractivity contribution in [2.75, 3.05) is 7.11 Å². The molecule has 1 N–H and O–H groups in total. The molecule has 0 aromatic heterocycles. The molecular weight excluding hydrogens is 290 g/mol. The van der Waals surface area contributed by atoms with Gasteiger partial charge in [0, 0.05) is 6.42 Å². The minimum absolute atomic E-state index is 0.116. The Morgan fingerprint density at radius 3 is 1.65 bits per heavy atom. The standard InChI is InChI=1S/C19H37NO3/c1-3-4-5-6-7-9-12-15-18(20-22)16-13-10-8-11-14-17-19(21)23-2/h22H,3-17H2,1-2H3. The summed E-state index contributed by atoms with van der Waals surface area (Å²) in [5, 5.41) is 12.5. The third kappa shape index (κ3) is 15.6. The third-order valence-corrected chi connectivity index (χ3v) is 4.28. The van der Waals surface area contributed by atoms with Crippen LogP contribution in [-0.4, -0.2) is 24.0 Å². The highest BCUT2D eigenvalue weighted by Gasteiger charge is 2.02. The van der Waals surface area contributed by atoms with Crippen molar-refractivity contribution in [1.29, 1.82) is 0 Å². The van der Waals surface area contributed by atoms with Gasteiger partial charge in [-0.15, -0.1) is 0 Å². The molecule has 0 atom stereocenters. The molecule has 0 fully saturated rings. The van der Waals surface area contributed by atoms with Crippen LogP contribution in [0.2, 0.25) is 0 Å². The molecule has 0 heterocycles. The molecule has 0 radical (unpaired) electrons. The fraction of sp³-hybridized carbons (Fsp3) is 0.895. The van der Waals surface area contributed by atoms with Crippen LogP contribution in [0.25, 0.3) is 0 Å². The van der Waals surface area contributed by atoms with Crippen LogP contribution in [0.15, 0.2) is 5.16 Å². The maximum atomic E-state index is 11.0. The Bertz CT molecular complexity index is 303. The number of esters is 1. The van der Waals surface area contributed by atoms with Crippen LogP contribution in [0.1, 0.15) is 103 Å². The molecule has 0 saturated heterocycles. The Hall–Kier alpha value is -1.06. The Kier molecular flexibility index (Phi) is 16.5. The van der Waals surface area contributed by atoms with Gasteiger partial charge in [0.2, 0.25) is 0 Å². The van der Waals surface area contributed by atoms with Crippen LogP contribution in [-0.2, 0) is 9.53 Å². The highest BCUT2D eigenvalue weighted by atomic mass is 16.5. The van der Waals surface area contributed by atoms with Crippen molar-refractivity contribution in [2.45, 2.75) is 103 Å². The van der Waals surface area contributed by atoms with Gasteiger partial charge in [-0.2, -0.15) is 0 Å². The molecule has 4 heteroatoms. The molecule has 136 valence electrons. The fourth-order valence-corrected chi connectivity index (χ4v) is 2.74. The van der Waals surface area contributed by atoms with E-state index in [0.717, 1.165) is 57.1 Å². The molecule has 0 aromatic rings. The first-order chi connectivity index (χ1) is 11.2. The Balaban J connectivity index is 3.40. The van der Waals surface area contributed by atoms with Crippen molar-refractivity contribution >= 4 is 11.7 Å². The summed E-state index contributed by atoms with van der Waals surface area (Å²) in [7, 11) is 1.43. The van der Waals surface area contributed by atoms with Crippen molar-refractivity contribution in [3.05, 3.63) is 0 Å². The van der Waals surface area contributed by atoms with E-state index in [1.165, 1.54) is 45.6 Å². The number of oxime groups is 1. The number of hydrogen-bond donors (Lipinski definition) is 1. The molecule has 0 aliphatic heterocycles. The number of ether oxygens (including phenoxy) is 1. The molecule has 0 aromatic carbocycles. The second-order valence-electron chi connectivity index (χ2n) is 6.38. The second-order valence-corrected chi connectivity index (χ2v) is 6.38. The molecule has 0 rings (SSSR count). The lowest BCUT2D eigenvalue weighted by Gasteiger charge is -2.05. The van der Waals surface area contributed by atoms with Gasteiger partial charge in [-0.05, 0) is 32.1 Å². The molecule has 0 aliphatic carbocycles. The van der Waals surface area contributed by atoms with Gasteiger partial charge in [0.25, 0.3) is 0 Å². The van der Waals surface area contributed by atoms with Crippen molar-refractivity contribution < 1.29 is 14.7 Å². The first-order valence-corrected chi connectivity index (χ1v) is 9.51. The summed E-state index contributed by atoms with van der Waals surface area (Å²) < 4.78 is 4.62. The number of methoxy groups -OCH3 is 1. The Labute approximate surface area is 142 Å². The maximum absolute atomic E-state index is 11.0. The number of unbranched alkanes of at least 4 members (excludes halogenated alkanes) is 10. The molecule has 23 heavy (non-hydrogen) atoms. The third-order valence-electron chi connectivity index (χ3n) is 4.28. The molecule has 0 saturated carbocycles. The van der Waals surface area contributed by atoms with Crippen LogP contribution in [0.3, 0.4) is 0 Å². The summed E-state index contributed by atoms with van der Waals surface area (Å²) in [6.07, 6.45) is 16.7. The van der Waals surface area contributed by atoms with Crippen LogP contribution >= 0.6 is 0 Å². The normalized spacial score (nSPS) is 11.7. The summed E-state index contributed by atoms with van der Waals surface area (Å²) in [4.78, 5) is 11.0. The zero-order chi connectivity index (χ0) is 17.2. The fourth-order valence-electron chi connectivity index (χ4n) is 2.74. The molecule has 0 bridgehead atoms. The van der Waals surface area contributed by atoms with E-state index in [9.17, 15) is 4.79 Å². The summed E-state index contributed by atoms with van der Waals surface area (Å²) in [5.41, 5.74) is 0.952. The molecule has 0 spiro atoms. The Morgan fingerprint density at radius 2 is 1.22 bits per heavy atom. The van der Waals surface area contributed by atoms with Gasteiger partial charge in [-0.3, -0.25) is 4.79 Å². The van der Waals surface area contributed by atoms with Crippen LogP contribution in [0.5, 0.6) is 0 Å². The summed E-state index contributed by atoms with van der Waals surface area (Å²) in [6, 6.07) is 0. The zero-order valence-electron chi connectivity index (χ0n) is 15.3. The van der Waals surface area contributed by atoms with E-state index in [0.29, 0.717) is 6.42 Å². The van der Waals surface area contributed by atoms with Gasteiger partial charge < -0.3 is 9.94 Å². The van der Waals surface area contributed by atoms with Crippen molar-refractivity contribution in [1.82, 2.24) is 0 Å². The monoisotopic (exact) mass is 327 g/mol. The largest absolute Gasteiger partial charge is 0.469 e. The quantitative estimate of drug-likeness (QED) is 0.127. The van der Waals surface area contributed by atoms with E-state index in [1.54, 1.807) is 0 Å². The van der Waals surface area contributed by atoms with Crippen molar-refractivity contribution in [3.63, 3.8) is 0 Å². The van der Waals surface area contributed by atoms with Gasteiger partial charge >= 0.3 is 5.97 Å². The number of nitrogens with zero attached hydrogens (tertiary/aromatic N) is 1. The van der Waals surface area contributed by atoms with Gasteiger partial charge in [-0.1, -0.05) is 69.9 Å². The number of carbonyl (C=O) groups is 1. The average Bonchev–Trinajstić information content (AvgIpc) is 2.57.